The topological polar surface area (TPSA) is 72.2 Å². The molecule has 0 radical (unpaired) electrons. The highest BCUT2D eigenvalue weighted by atomic mass is 79.9. The minimum atomic E-state index is -6.41. The number of hydrogen-bond acceptors (Lipinski definition) is 2. The number of nitrogens with two attached hydrogens (primary N) is 1. The molecule has 0 heterocycles. The summed E-state index contributed by atoms with van der Waals surface area (Å²) in [5, 5.41) is 0.791. The summed E-state index contributed by atoms with van der Waals surface area (Å²) < 4.78 is 108. The molecule has 0 aliphatic rings. The molecule has 0 saturated heterocycles. The maximum Gasteiger partial charge on any atom is 0.436 e. The third-order valence-electron chi connectivity index (χ3n) is 5.18. The number of amides is 2. The molecule has 0 fully saturated rings. The maximum atomic E-state index is 15.2. The van der Waals surface area contributed by atoms with Crippen molar-refractivity contribution in [2.75, 3.05) is 5.32 Å². The number of anilines is 1. The highest BCUT2D eigenvalue weighted by Crippen LogP contribution is 2.56. The quantitative estimate of drug-likeness (QED) is 0.291. The number of primary amides is 1. The molecule has 37 heavy (non-hydrogen) atoms. The van der Waals surface area contributed by atoms with Crippen LogP contribution >= 0.6 is 27.5 Å². The lowest BCUT2D eigenvalue weighted by atomic mass is 9.93. The largest absolute Gasteiger partial charge is 0.436 e. The van der Waals surface area contributed by atoms with Gasteiger partial charge in [-0.05, 0) is 45.8 Å². The fraction of sp³-hybridized carbons (Fsp3) is 0.130. The van der Waals surface area contributed by atoms with E-state index >= 15 is 4.39 Å². The first-order valence-electron chi connectivity index (χ1n) is 9.81. The van der Waals surface area contributed by atoms with Crippen molar-refractivity contribution in [3.8, 4) is 11.1 Å². The van der Waals surface area contributed by atoms with Gasteiger partial charge in [-0.3, -0.25) is 9.59 Å². The van der Waals surface area contributed by atoms with Crippen LogP contribution in [0.5, 0.6) is 0 Å². The van der Waals surface area contributed by atoms with Gasteiger partial charge < -0.3 is 11.1 Å². The second kappa shape index (κ2) is 9.93. The van der Waals surface area contributed by atoms with Crippen LogP contribution in [0.25, 0.3) is 11.1 Å². The number of hydrogen-bond donors (Lipinski definition) is 2. The van der Waals surface area contributed by atoms with E-state index in [1.165, 1.54) is 36.4 Å². The summed E-state index contributed by atoms with van der Waals surface area (Å²) in [6, 6.07) is 9.83. The van der Waals surface area contributed by atoms with Crippen LogP contribution in [-0.2, 0) is 5.67 Å². The molecule has 4 nitrogen and oxygen atoms in total. The lowest BCUT2D eigenvalue weighted by molar-refractivity contribution is -0.348. The molecule has 0 atom stereocenters. The molecule has 3 aromatic carbocycles. The minimum Gasteiger partial charge on any atom is -0.366 e. The van der Waals surface area contributed by atoms with Gasteiger partial charge in [-0.2, -0.15) is 26.3 Å². The molecule has 0 bridgehead atoms. The molecule has 3 aromatic rings. The lowest BCUT2D eigenvalue weighted by Crippen LogP contribution is -2.50. The third kappa shape index (κ3) is 5.14. The van der Waals surface area contributed by atoms with Crippen LogP contribution in [0.3, 0.4) is 0 Å². The van der Waals surface area contributed by atoms with Crippen LogP contribution in [0, 0.1) is 5.82 Å². The lowest BCUT2D eigenvalue weighted by Gasteiger charge is -2.31. The Labute approximate surface area is 216 Å². The van der Waals surface area contributed by atoms with Gasteiger partial charge in [0.1, 0.15) is 5.82 Å². The summed E-state index contributed by atoms with van der Waals surface area (Å²) in [4.78, 5) is 24.1. The number of benzene rings is 3. The predicted octanol–water partition coefficient (Wildman–Crippen LogP) is 7.55. The number of alkyl halides is 7. The average Bonchev–Trinajstić information content (AvgIpc) is 2.80. The monoisotopic (exact) mass is 614 g/mol. The molecule has 3 rings (SSSR count). The standard InChI is InChI=1S/C23H12BrClF8N2O2/c24-16-15(8-7-14(17(16)25)21(27,22(28,29)30)23(31,32)33)35-20(37)13-6-2-5-12(18(13)26)10-3-1-4-11(9-10)19(34)36/h1-9H,(H2,34,36)(H,35,37). The summed E-state index contributed by atoms with van der Waals surface area (Å²) >= 11 is 8.31. The normalized spacial score (nSPS) is 12.4. The Balaban J connectivity index is 2.01. The molecule has 0 unspecified atom stereocenters. The van der Waals surface area contributed by atoms with Gasteiger partial charge in [0.25, 0.3) is 5.91 Å². The van der Waals surface area contributed by atoms with E-state index in [1.807, 2.05) is 0 Å². The van der Waals surface area contributed by atoms with Gasteiger partial charge in [0.05, 0.1) is 20.7 Å². The maximum absolute atomic E-state index is 15.2. The summed E-state index contributed by atoms with van der Waals surface area (Å²) in [6.07, 6.45) is -12.8. The highest BCUT2D eigenvalue weighted by Gasteiger charge is 2.74. The molecule has 14 heteroatoms. The Morgan fingerprint density at radius 2 is 1.49 bits per heavy atom. The van der Waals surface area contributed by atoms with Crippen molar-refractivity contribution >= 4 is 45.0 Å². The molecule has 0 spiro atoms. The average molecular weight is 616 g/mol. The number of halogens is 10. The van der Waals surface area contributed by atoms with Gasteiger partial charge in [0.15, 0.2) is 0 Å². The van der Waals surface area contributed by atoms with Crippen LogP contribution in [-0.4, -0.2) is 24.2 Å². The molecule has 0 saturated carbocycles. The summed E-state index contributed by atoms with van der Waals surface area (Å²) in [5.41, 5.74) is -3.44. The van der Waals surface area contributed by atoms with Crippen molar-refractivity contribution in [2.24, 2.45) is 5.73 Å². The van der Waals surface area contributed by atoms with Crippen molar-refractivity contribution < 1.29 is 44.7 Å². The fourth-order valence-electron chi connectivity index (χ4n) is 3.34. The van der Waals surface area contributed by atoms with E-state index in [0.29, 0.717) is 6.07 Å². The van der Waals surface area contributed by atoms with Gasteiger partial charge in [-0.1, -0.05) is 41.9 Å². The van der Waals surface area contributed by atoms with E-state index in [0.717, 1.165) is 6.07 Å². The minimum absolute atomic E-state index is 0.0621. The van der Waals surface area contributed by atoms with E-state index in [2.05, 4.69) is 21.2 Å². The Morgan fingerprint density at radius 1 is 0.892 bits per heavy atom. The molecule has 3 N–H and O–H groups in total. The molecule has 0 aromatic heterocycles. The van der Waals surface area contributed by atoms with E-state index in [4.69, 9.17) is 17.3 Å². The second-order valence-electron chi connectivity index (χ2n) is 7.51. The Morgan fingerprint density at radius 3 is 2.05 bits per heavy atom. The number of carbonyl (C=O) groups excluding carboxylic acids is 2. The zero-order chi connectivity index (χ0) is 27.9. The Hall–Kier alpha value is -3.19. The van der Waals surface area contributed by atoms with Crippen molar-refractivity contribution in [3.63, 3.8) is 0 Å². The number of carbonyl (C=O) groups is 2. The van der Waals surface area contributed by atoms with Crippen molar-refractivity contribution in [3.05, 3.63) is 86.6 Å². The SMILES string of the molecule is NC(=O)c1cccc(-c2cccc(C(=O)Nc3ccc(C(F)(C(F)(F)F)C(F)(F)F)c(Cl)c3Br)c2F)c1. The van der Waals surface area contributed by atoms with E-state index in [9.17, 15) is 40.3 Å². The van der Waals surface area contributed by atoms with Crippen molar-refractivity contribution in [1.82, 2.24) is 0 Å². The van der Waals surface area contributed by atoms with Gasteiger partial charge in [-0.25, -0.2) is 8.78 Å². The Kier molecular flexibility index (Phi) is 7.62. The first kappa shape index (κ1) is 28.4. The molecule has 196 valence electrons. The smallest absolute Gasteiger partial charge is 0.366 e. The second-order valence-corrected chi connectivity index (χ2v) is 8.68. The first-order chi connectivity index (χ1) is 17.0. The Bertz CT molecular complexity index is 1380. The van der Waals surface area contributed by atoms with E-state index in [1.54, 1.807) is 0 Å². The highest BCUT2D eigenvalue weighted by molar-refractivity contribution is 9.10. The zero-order valence-corrected chi connectivity index (χ0v) is 20.2. The number of nitrogens with one attached hydrogen (secondary N) is 1. The van der Waals surface area contributed by atoms with Crippen LogP contribution in [0.15, 0.2) is 59.1 Å². The fourth-order valence-corrected chi connectivity index (χ4v) is 4.08. The first-order valence-corrected chi connectivity index (χ1v) is 11.0. The molecular formula is C23H12BrClF8N2O2. The molecular weight excluding hydrogens is 604 g/mol. The van der Waals surface area contributed by atoms with Crippen molar-refractivity contribution in [2.45, 2.75) is 18.0 Å². The summed E-state index contributed by atoms with van der Waals surface area (Å²) in [5.74, 6) is -3.00. The van der Waals surface area contributed by atoms with Crippen LogP contribution in [0.4, 0.5) is 40.8 Å². The van der Waals surface area contributed by atoms with E-state index < -0.39 is 62.0 Å². The summed E-state index contributed by atoms with van der Waals surface area (Å²) in [7, 11) is 0. The van der Waals surface area contributed by atoms with Crippen LogP contribution < -0.4 is 11.1 Å². The third-order valence-corrected chi connectivity index (χ3v) is 6.63. The molecule has 2 amide bonds. The molecule has 0 aliphatic carbocycles. The predicted molar refractivity (Wildman–Crippen MR) is 122 cm³/mol. The molecule has 0 aliphatic heterocycles. The summed E-state index contributed by atoms with van der Waals surface area (Å²) in [6.45, 7) is 0. The van der Waals surface area contributed by atoms with Crippen LogP contribution in [0.1, 0.15) is 26.3 Å². The zero-order valence-electron chi connectivity index (χ0n) is 17.9. The van der Waals surface area contributed by atoms with Crippen LogP contribution in [0.2, 0.25) is 5.02 Å². The van der Waals surface area contributed by atoms with Crippen molar-refractivity contribution in [1.29, 1.82) is 0 Å². The van der Waals surface area contributed by atoms with Gasteiger partial charge in [-0.15, -0.1) is 0 Å². The van der Waals surface area contributed by atoms with E-state index in [-0.39, 0.29) is 22.8 Å². The van der Waals surface area contributed by atoms with Gasteiger partial charge >= 0.3 is 18.0 Å². The van der Waals surface area contributed by atoms with Gasteiger partial charge in [0, 0.05) is 16.7 Å². The number of rotatable bonds is 5. The van der Waals surface area contributed by atoms with Gasteiger partial charge in [0.2, 0.25) is 5.91 Å².